The summed E-state index contributed by atoms with van der Waals surface area (Å²) in [5.74, 6) is 2.66. The second kappa shape index (κ2) is 9.01. The van der Waals surface area contributed by atoms with E-state index >= 15 is 0 Å². The van der Waals surface area contributed by atoms with Gasteiger partial charge < -0.3 is 15.5 Å². The first-order chi connectivity index (χ1) is 17.4. The average Bonchev–Trinajstić information content (AvgIpc) is 3.63. The summed E-state index contributed by atoms with van der Waals surface area (Å²) >= 11 is 0. The first-order valence-corrected chi connectivity index (χ1v) is 11.9. The maximum Gasteiger partial charge on any atom is 0.408 e. The van der Waals surface area contributed by atoms with Crippen LogP contribution in [0.2, 0.25) is 0 Å². The molecule has 0 amide bonds. The maximum absolute atomic E-state index is 12.6. The first kappa shape index (κ1) is 22.7. The van der Waals surface area contributed by atoms with Crippen molar-refractivity contribution >= 4 is 28.4 Å². The van der Waals surface area contributed by atoms with Gasteiger partial charge in [-0.25, -0.2) is 15.0 Å². The van der Waals surface area contributed by atoms with Crippen LogP contribution in [0, 0.1) is 0 Å². The maximum atomic E-state index is 12.6. The molecule has 12 heteroatoms. The van der Waals surface area contributed by atoms with Gasteiger partial charge in [0.05, 0.1) is 11.7 Å². The van der Waals surface area contributed by atoms with E-state index in [1.54, 1.807) is 18.5 Å². The van der Waals surface area contributed by atoms with E-state index in [0.29, 0.717) is 17.6 Å². The number of piperazine rings is 1. The second-order valence-corrected chi connectivity index (χ2v) is 9.07. The van der Waals surface area contributed by atoms with Crippen LogP contribution in [0.3, 0.4) is 0 Å². The first-order valence-electron chi connectivity index (χ1n) is 11.9. The van der Waals surface area contributed by atoms with Crippen molar-refractivity contribution in [1.29, 1.82) is 0 Å². The zero-order valence-electron chi connectivity index (χ0n) is 19.3. The lowest BCUT2D eigenvalue weighted by Crippen LogP contribution is -2.44. The minimum atomic E-state index is -4.34. The standard InChI is InChI=1S/C24H24F3N9/c25-24(26,27)14-36-8-4-19(34-36)32-20-11-16(3-5-30-20)22-31-18-13-29-12-17(15-1-2-15)21(18)23(33-22)35-9-6-28-7-10-35/h3-5,8,11-13,15,28H,1-2,6-7,9-10,14H2,(H,30,32,34). The molecule has 2 fully saturated rings. The minimum absolute atomic E-state index is 0.267. The summed E-state index contributed by atoms with van der Waals surface area (Å²) in [5, 5.41) is 11.4. The molecule has 2 N–H and O–H groups in total. The number of fused-ring (bicyclic) bond motifs is 1. The Morgan fingerprint density at radius 1 is 1.06 bits per heavy atom. The molecule has 186 valence electrons. The van der Waals surface area contributed by atoms with Crippen LogP contribution in [-0.2, 0) is 6.54 Å². The third kappa shape index (κ3) is 4.81. The molecule has 6 rings (SSSR count). The normalized spacial score (nSPS) is 16.5. The second-order valence-electron chi connectivity index (χ2n) is 9.07. The Kier molecular flexibility index (Phi) is 5.67. The van der Waals surface area contributed by atoms with Crippen molar-refractivity contribution < 1.29 is 13.2 Å². The van der Waals surface area contributed by atoms with E-state index in [0.717, 1.165) is 66.0 Å². The van der Waals surface area contributed by atoms with Crippen molar-refractivity contribution in [3.63, 3.8) is 0 Å². The number of anilines is 3. The highest BCUT2D eigenvalue weighted by molar-refractivity contribution is 5.94. The number of alkyl halides is 3. The van der Waals surface area contributed by atoms with Gasteiger partial charge in [0, 0.05) is 61.8 Å². The smallest absolute Gasteiger partial charge is 0.353 e. The van der Waals surface area contributed by atoms with Crippen molar-refractivity contribution in [2.45, 2.75) is 31.5 Å². The number of hydrogen-bond donors (Lipinski definition) is 2. The Balaban J connectivity index is 1.35. The van der Waals surface area contributed by atoms with E-state index in [2.05, 4.69) is 30.6 Å². The van der Waals surface area contributed by atoms with Gasteiger partial charge in [0.25, 0.3) is 0 Å². The van der Waals surface area contributed by atoms with Gasteiger partial charge in [-0.05, 0) is 36.5 Å². The molecule has 0 radical (unpaired) electrons. The third-order valence-electron chi connectivity index (χ3n) is 6.31. The summed E-state index contributed by atoms with van der Waals surface area (Å²) in [6.07, 6.45) is 4.58. The highest BCUT2D eigenvalue weighted by Crippen LogP contribution is 2.44. The van der Waals surface area contributed by atoms with Crippen molar-refractivity contribution in [3.05, 3.63) is 48.5 Å². The molecule has 1 saturated carbocycles. The third-order valence-corrected chi connectivity index (χ3v) is 6.31. The molecule has 0 bridgehead atoms. The Hall–Kier alpha value is -3.80. The van der Waals surface area contributed by atoms with Gasteiger partial charge in [-0.3, -0.25) is 9.67 Å². The van der Waals surface area contributed by atoms with Gasteiger partial charge >= 0.3 is 6.18 Å². The Morgan fingerprint density at radius 2 is 1.89 bits per heavy atom. The molecule has 36 heavy (non-hydrogen) atoms. The van der Waals surface area contributed by atoms with Crippen LogP contribution in [0.25, 0.3) is 22.3 Å². The number of pyridine rings is 2. The number of aromatic nitrogens is 6. The van der Waals surface area contributed by atoms with E-state index < -0.39 is 12.7 Å². The molecule has 0 spiro atoms. The number of rotatable bonds is 6. The van der Waals surface area contributed by atoms with Gasteiger partial charge in [0.2, 0.25) is 0 Å². The number of halogens is 3. The van der Waals surface area contributed by atoms with Gasteiger partial charge in [0.1, 0.15) is 18.2 Å². The summed E-state index contributed by atoms with van der Waals surface area (Å²) in [4.78, 5) is 20.9. The monoisotopic (exact) mass is 495 g/mol. The van der Waals surface area contributed by atoms with Crippen molar-refractivity contribution in [3.8, 4) is 11.4 Å². The van der Waals surface area contributed by atoms with Gasteiger partial charge in [-0.1, -0.05) is 0 Å². The number of nitrogens with zero attached hydrogens (tertiary/aromatic N) is 7. The highest BCUT2D eigenvalue weighted by atomic mass is 19.4. The van der Waals surface area contributed by atoms with E-state index in [-0.39, 0.29) is 5.82 Å². The van der Waals surface area contributed by atoms with Crippen molar-refractivity contribution in [1.82, 2.24) is 35.0 Å². The topological polar surface area (TPSA) is 96.7 Å². The lowest BCUT2D eigenvalue weighted by Gasteiger charge is -2.30. The van der Waals surface area contributed by atoms with Gasteiger partial charge in [0.15, 0.2) is 11.6 Å². The van der Waals surface area contributed by atoms with Crippen LogP contribution in [-0.4, -0.2) is 62.1 Å². The predicted molar refractivity (Wildman–Crippen MR) is 129 cm³/mol. The molecule has 5 heterocycles. The SMILES string of the molecule is FC(F)(F)Cn1ccc(Nc2cc(-c3nc(N4CCNCC4)c4c(C5CC5)cncc4n3)ccn2)n1. The van der Waals surface area contributed by atoms with E-state index in [1.807, 2.05) is 12.3 Å². The van der Waals surface area contributed by atoms with E-state index in [1.165, 1.54) is 17.8 Å². The fourth-order valence-electron chi connectivity index (χ4n) is 4.50. The average molecular weight is 496 g/mol. The Bertz CT molecular complexity index is 1390. The lowest BCUT2D eigenvalue weighted by atomic mass is 10.1. The molecule has 1 aliphatic carbocycles. The molecule has 0 atom stereocenters. The lowest BCUT2D eigenvalue weighted by molar-refractivity contribution is -0.142. The van der Waals surface area contributed by atoms with Crippen LogP contribution in [0.4, 0.5) is 30.6 Å². The molecule has 1 aliphatic heterocycles. The summed E-state index contributed by atoms with van der Waals surface area (Å²) in [7, 11) is 0. The van der Waals surface area contributed by atoms with Crippen molar-refractivity contribution in [2.75, 3.05) is 36.4 Å². The zero-order valence-corrected chi connectivity index (χ0v) is 19.3. The minimum Gasteiger partial charge on any atom is -0.353 e. The van der Waals surface area contributed by atoms with Crippen LogP contribution in [0.15, 0.2) is 43.0 Å². The molecule has 1 saturated heterocycles. The number of hydrogen-bond acceptors (Lipinski definition) is 8. The number of nitrogens with one attached hydrogen (secondary N) is 2. The summed E-state index contributed by atoms with van der Waals surface area (Å²) < 4.78 is 38.8. The molecule has 4 aromatic rings. The Morgan fingerprint density at radius 3 is 2.67 bits per heavy atom. The van der Waals surface area contributed by atoms with E-state index in [4.69, 9.17) is 9.97 Å². The molecule has 0 aromatic carbocycles. The quantitative estimate of drug-likeness (QED) is 0.416. The van der Waals surface area contributed by atoms with Crippen LogP contribution in [0.1, 0.15) is 24.3 Å². The molecular formula is C24H24F3N9. The molecule has 0 unspecified atom stereocenters. The Labute approximate surface area is 204 Å². The van der Waals surface area contributed by atoms with Crippen LogP contribution in [0.5, 0.6) is 0 Å². The fraction of sp³-hybridized carbons (Fsp3) is 0.375. The summed E-state index contributed by atoms with van der Waals surface area (Å²) in [5.41, 5.74) is 2.74. The van der Waals surface area contributed by atoms with Crippen molar-refractivity contribution in [2.24, 2.45) is 0 Å². The van der Waals surface area contributed by atoms with Crippen LogP contribution >= 0.6 is 0 Å². The van der Waals surface area contributed by atoms with Gasteiger partial charge in [-0.2, -0.15) is 18.3 Å². The van der Waals surface area contributed by atoms with Gasteiger partial charge in [-0.15, -0.1) is 0 Å². The summed E-state index contributed by atoms with van der Waals surface area (Å²) in [6.45, 7) is 2.31. The largest absolute Gasteiger partial charge is 0.408 e. The van der Waals surface area contributed by atoms with E-state index in [9.17, 15) is 13.2 Å². The molecular weight excluding hydrogens is 471 g/mol. The molecule has 4 aromatic heterocycles. The highest BCUT2D eigenvalue weighted by Gasteiger charge is 2.30. The fourth-order valence-corrected chi connectivity index (χ4v) is 4.50. The summed E-state index contributed by atoms with van der Waals surface area (Å²) in [6, 6.07) is 5.05. The molecule has 9 nitrogen and oxygen atoms in total. The zero-order chi connectivity index (χ0) is 24.7. The predicted octanol–water partition coefficient (Wildman–Crippen LogP) is 3.88. The van der Waals surface area contributed by atoms with Crippen LogP contribution < -0.4 is 15.5 Å². The molecule has 2 aliphatic rings.